The molecule has 0 heterocycles. The number of carboxylic acid groups (broad SMARTS) is 1. The molecule has 0 aromatic rings. The molecule has 0 fully saturated rings. The van der Waals surface area contributed by atoms with Gasteiger partial charge in [-0.15, -0.1) is 0 Å². The van der Waals surface area contributed by atoms with Gasteiger partial charge in [0.25, 0.3) is 0 Å². The summed E-state index contributed by atoms with van der Waals surface area (Å²) in [5, 5.41) is 24.0. The first-order valence-electron chi connectivity index (χ1n) is 14.7. The molecule has 0 aromatic carbocycles. The number of hydrogen-bond donors (Lipinski definition) is 2. The number of aliphatic carboxylic acids is 1. The monoisotopic (exact) mass is 518 g/mol. The van der Waals surface area contributed by atoms with E-state index in [1.165, 1.54) is 77.0 Å². The SMILES string of the molecule is CCCCCCCCCCCC([O-])=NCCCCC(NC(=O)CCCCCCCCCC)C(=O)O.[Na+]. The maximum Gasteiger partial charge on any atom is 1.00 e. The fourth-order valence-corrected chi connectivity index (χ4v) is 4.27. The first-order valence-corrected chi connectivity index (χ1v) is 14.7. The number of nitrogens with zero attached hydrogens (tertiary/aromatic N) is 1. The van der Waals surface area contributed by atoms with Crippen molar-refractivity contribution in [2.45, 2.75) is 161 Å². The molecule has 1 unspecified atom stereocenters. The van der Waals surface area contributed by atoms with Crippen LogP contribution in [0.4, 0.5) is 0 Å². The Labute approximate surface area is 244 Å². The van der Waals surface area contributed by atoms with Gasteiger partial charge in [-0.25, -0.2) is 4.79 Å². The predicted octanol–water partition coefficient (Wildman–Crippen LogP) is 3.94. The van der Waals surface area contributed by atoms with E-state index >= 15 is 0 Å². The van der Waals surface area contributed by atoms with Gasteiger partial charge in [-0.1, -0.05) is 110 Å². The summed E-state index contributed by atoms with van der Waals surface area (Å²) < 4.78 is 0. The second-order valence-corrected chi connectivity index (χ2v) is 10.0. The van der Waals surface area contributed by atoms with Gasteiger partial charge in [-0.05, 0) is 44.4 Å². The molecule has 36 heavy (non-hydrogen) atoms. The molecule has 0 aliphatic carbocycles. The number of nitrogens with one attached hydrogen (secondary N) is 1. The van der Waals surface area contributed by atoms with E-state index in [0.717, 1.165) is 32.1 Å². The van der Waals surface area contributed by atoms with Gasteiger partial charge < -0.3 is 20.5 Å². The predicted molar refractivity (Wildman–Crippen MR) is 145 cm³/mol. The van der Waals surface area contributed by atoms with Crippen LogP contribution in [0.15, 0.2) is 4.99 Å². The quantitative estimate of drug-likeness (QED) is 0.0784. The number of amides is 1. The Kier molecular flexibility index (Phi) is 30.2. The van der Waals surface area contributed by atoms with Gasteiger partial charge in [0.2, 0.25) is 5.91 Å². The Bertz CT molecular complexity index is 543. The maximum atomic E-state index is 12.1. The summed E-state index contributed by atoms with van der Waals surface area (Å²) in [4.78, 5) is 27.7. The second kappa shape index (κ2) is 29.0. The van der Waals surface area contributed by atoms with Gasteiger partial charge in [0.1, 0.15) is 6.04 Å². The topological polar surface area (TPSA) is 102 Å². The molecule has 0 saturated carbocycles. The molecule has 1 atom stereocenters. The van der Waals surface area contributed by atoms with Gasteiger partial charge in [-0.2, -0.15) is 0 Å². The number of carbonyl (C=O) groups excluding carboxylic acids is 1. The molecule has 0 aliphatic rings. The van der Waals surface area contributed by atoms with E-state index < -0.39 is 12.0 Å². The van der Waals surface area contributed by atoms with Gasteiger partial charge in [0.05, 0.1) is 0 Å². The van der Waals surface area contributed by atoms with E-state index in [0.29, 0.717) is 38.6 Å². The fourth-order valence-electron chi connectivity index (χ4n) is 4.27. The molecule has 0 spiro atoms. The minimum atomic E-state index is -0.993. The van der Waals surface area contributed by atoms with Gasteiger partial charge >= 0.3 is 35.5 Å². The number of carbonyl (C=O) groups is 2. The third kappa shape index (κ3) is 26.5. The zero-order valence-corrected chi connectivity index (χ0v) is 26.0. The van der Waals surface area contributed by atoms with Crippen molar-refractivity contribution in [2.24, 2.45) is 4.99 Å². The van der Waals surface area contributed by atoms with Crippen LogP contribution in [0.2, 0.25) is 0 Å². The molecule has 0 rings (SSSR count). The van der Waals surface area contributed by atoms with Crippen LogP contribution in [0.1, 0.15) is 155 Å². The van der Waals surface area contributed by atoms with Crippen LogP contribution in [-0.2, 0) is 9.59 Å². The standard InChI is InChI=1S/C29H56N2O4.Na/c1-3-5-7-9-11-13-15-16-18-23-27(32)30-25-21-20-22-26(29(34)35)31-28(33)24-19-17-14-12-10-8-6-4-2;/h26H,3-25H2,1-2H3,(H,30,32)(H,31,33)(H,34,35);/q;+1/p-1. The average Bonchev–Trinajstić information content (AvgIpc) is 2.83. The molecule has 0 radical (unpaired) electrons. The van der Waals surface area contributed by atoms with E-state index in [1.807, 2.05) is 0 Å². The number of hydrogen-bond acceptors (Lipinski definition) is 4. The second-order valence-electron chi connectivity index (χ2n) is 10.0. The Morgan fingerprint density at radius 1 is 0.694 bits per heavy atom. The molecule has 7 heteroatoms. The van der Waals surface area contributed by atoms with Crippen molar-refractivity contribution >= 4 is 17.8 Å². The smallest absolute Gasteiger partial charge is 0.862 e. The summed E-state index contributed by atoms with van der Waals surface area (Å²) in [6.45, 7) is 4.88. The van der Waals surface area contributed by atoms with Crippen LogP contribution in [0, 0.1) is 0 Å². The summed E-state index contributed by atoms with van der Waals surface area (Å²) in [6, 6.07) is -0.853. The maximum absolute atomic E-state index is 12.1. The van der Waals surface area contributed by atoms with E-state index in [4.69, 9.17) is 0 Å². The largest absolute Gasteiger partial charge is 1.00 e. The van der Waals surface area contributed by atoms with Crippen molar-refractivity contribution in [3.05, 3.63) is 0 Å². The zero-order chi connectivity index (χ0) is 26.0. The van der Waals surface area contributed by atoms with E-state index in [-0.39, 0.29) is 41.4 Å². The Morgan fingerprint density at radius 3 is 1.61 bits per heavy atom. The van der Waals surface area contributed by atoms with E-state index in [1.54, 1.807) is 0 Å². The van der Waals surface area contributed by atoms with Crippen molar-refractivity contribution in [1.29, 1.82) is 0 Å². The molecule has 0 bridgehead atoms. The van der Waals surface area contributed by atoms with Crippen LogP contribution in [0.5, 0.6) is 0 Å². The molecular weight excluding hydrogens is 463 g/mol. The minimum absolute atomic E-state index is 0. The van der Waals surface area contributed by atoms with Gasteiger partial charge in [0, 0.05) is 13.0 Å². The van der Waals surface area contributed by atoms with Crippen LogP contribution in [-0.4, -0.2) is 35.5 Å². The third-order valence-corrected chi connectivity index (χ3v) is 6.57. The summed E-state index contributed by atoms with van der Waals surface area (Å²) in [7, 11) is 0. The first kappa shape index (κ1) is 37.6. The van der Waals surface area contributed by atoms with E-state index in [9.17, 15) is 19.8 Å². The van der Waals surface area contributed by atoms with Crippen LogP contribution in [0.25, 0.3) is 0 Å². The molecular formula is C29H55N2NaO4. The Balaban J connectivity index is 0. The summed E-state index contributed by atoms with van der Waals surface area (Å²) in [5.74, 6) is -1.21. The Morgan fingerprint density at radius 2 is 1.14 bits per heavy atom. The number of aliphatic imine (C=N–C) groups is 1. The van der Waals surface area contributed by atoms with Gasteiger partial charge in [-0.3, -0.25) is 4.79 Å². The van der Waals surface area contributed by atoms with Crippen molar-refractivity contribution in [3.63, 3.8) is 0 Å². The van der Waals surface area contributed by atoms with Crippen molar-refractivity contribution in [2.75, 3.05) is 6.54 Å². The van der Waals surface area contributed by atoms with E-state index in [2.05, 4.69) is 24.2 Å². The molecule has 206 valence electrons. The molecule has 1 amide bonds. The number of carboxylic acids is 1. The summed E-state index contributed by atoms with van der Waals surface area (Å²) >= 11 is 0. The normalized spacial score (nSPS) is 12.2. The van der Waals surface area contributed by atoms with Crippen molar-refractivity contribution < 1.29 is 49.4 Å². The molecule has 6 nitrogen and oxygen atoms in total. The molecule has 0 saturated heterocycles. The first-order chi connectivity index (χ1) is 17.0. The fraction of sp³-hybridized carbons (Fsp3) is 0.897. The number of rotatable bonds is 26. The van der Waals surface area contributed by atoms with Crippen molar-refractivity contribution in [1.82, 2.24) is 5.32 Å². The number of unbranched alkanes of at least 4 members (excludes halogenated alkanes) is 16. The molecule has 0 aromatic heterocycles. The minimum Gasteiger partial charge on any atom is -0.862 e. The van der Waals surface area contributed by atoms with Crippen molar-refractivity contribution in [3.8, 4) is 0 Å². The van der Waals surface area contributed by atoms with Crippen LogP contribution >= 0.6 is 0 Å². The molecule has 2 N–H and O–H groups in total. The average molecular weight is 519 g/mol. The summed E-state index contributed by atoms with van der Waals surface area (Å²) in [6.07, 6.45) is 22.9. The van der Waals surface area contributed by atoms with Gasteiger partial charge in [0.15, 0.2) is 0 Å². The Hall–Kier alpha value is -0.590. The summed E-state index contributed by atoms with van der Waals surface area (Å²) in [5.41, 5.74) is 0. The molecule has 0 aliphatic heterocycles. The third-order valence-electron chi connectivity index (χ3n) is 6.57. The van der Waals surface area contributed by atoms with Crippen LogP contribution < -0.4 is 40.0 Å². The zero-order valence-electron chi connectivity index (χ0n) is 24.0. The van der Waals surface area contributed by atoms with Crippen LogP contribution in [0.3, 0.4) is 0 Å².